The number of hydrogen-bond donors (Lipinski definition) is 1. The van der Waals surface area contributed by atoms with Gasteiger partial charge in [0.25, 0.3) is 0 Å². The lowest BCUT2D eigenvalue weighted by Gasteiger charge is -2.33. The highest BCUT2D eigenvalue weighted by molar-refractivity contribution is 7.89. The molecule has 0 saturated carbocycles. The first-order chi connectivity index (χ1) is 9.71. The van der Waals surface area contributed by atoms with Crippen LogP contribution in [0.3, 0.4) is 0 Å². The lowest BCUT2D eigenvalue weighted by molar-refractivity contribution is -0.143. The molecule has 0 amide bonds. The lowest BCUT2D eigenvalue weighted by Crippen LogP contribution is -2.45. The number of nitrogens with zero attached hydrogens (tertiary/aromatic N) is 1. The van der Waals surface area contributed by atoms with E-state index in [1.165, 1.54) is 12.1 Å². The third kappa shape index (κ3) is 3.24. The third-order valence-corrected chi connectivity index (χ3v) is 5.58. The van der Waals surface area contributed by atoms with Crippen molar-refractivity contribution in [1.29, 1.82) is 0 Å². The molecule has 21 heavy (non-hydrogen) atoms. The maximum Gasteiger partial charge on any atom is 0.307 e. The second-order valence-electron chi connectivity index (χ2n) is 5.61. The summed E-state index contributed by atoms with van der Waals surface area (Å²) in [5.41, 5.74) is 0.365. The van der Waals surface area contributed by atoms with Gasteiger partial charge in [-0.2, -0.15) is 4.31 Å². The van der Waals surface area contributed by atoms with Crippen molar-refractivity contribution in [3.8, 4) is 0 Å². The van der Waals surface area contributed by atoms with E-state index in [0.717, 1.165) is 10.4 Å². The van der Waals surface area contributed by atoms with Gasteiger partial charge in [0.1, 0.15) is 5.82 Å². The quantitative estimate of drug-likeness (QED) is 0.924. The summed E-state index contributed by atoms with van der Waals surface area (Å²) in [7, 11) is -3.87. The monoisotopic (exact) mass is 315 g/mol. The first-order valence-corrected chi connectivity index (χ1v) is 8.15. The molecule has 2 rings (SSSR count). The lowest BCUT2D eigenvalue weighted by atomic mass is 9.92. The second-order valence-corrected chi connectivity index (χ2v) is 7.55. The fraction of sp³-hybridized carbons (Fsp3) is 0.500. The van der Waals surface area contributed by atoms with E-state index in [1.54, 1.807) is 6.92 Å². The number of hydrogen-bond acceptors (Lipinski definition) is 3. The van der Waals surface area contributed by atoms with Crippen LogP contribution in [0.5, 0.6) is 0 Å². The van der Waals surface area contributed by atoms with Gasteiger partial charge < -0.3 is 5.11 Å². The van der Waals surface area contributed by atoms with Gasteiger partial charge in [-0.3, -0.25) is 4.79 Å². The van der Waals surface area contributed by atoms with Crippen LogP contribution < -0.4 is 0 Å². The van der Waals surface area contributed by atoms with Crippen LogP contribution in [-0.2, 0) is 14.8 Å². The van der Waals surface area contributed by atoms with Crippen LogP contribution in [0.15, 0.2) is 23.1 Å². The van der Waals surface area contributed by atoms with Crippen LogP contribution in [0.4, 0.5) is 4.39 Å². The van der Waals surface area contributed by atoms with Crippen molar-refractivity contribution in [2.75, 3.05) is 13.1 Å². The average molecular weight is 315 g/mol. The van der Waals surface area contributed by atoms with E-state index >= 15 is 0 Å². The Bertz CT molecular complexity index is 659. The molecule has 116 valence electrons. The van der Waals surface area contributed by atoms with Crippen molar-refractivity contribution in [1.82, 2.24) is 4.31 Å². The van der Waals surface area contributed by atoms with Crippen molar-refractivity contribution >= 4 is 16.0 Å². The molecule has 1 aromatic rings. The van der Waals surface area contributed by atoms with Gasteiger partial charge in [-0.25, -0.2) is 12.8 Å². The minimum atomic E-state index is -3.87. The highest BCUT2D eigenvalue weighted by Gasteiger charge is 2.36. The molecular weight excluding hydrogens is 297 g/mol. The highest BCUT2D eigenvalue weighted by Crippen LogP contribution is 2.27. The molecule has 2 atom stereocenters. The molecule has 1 N–H and O–H groups in total. The Hall–Kier alpha value is -1.47. The normalized spacial score (nSPS) is 24.0. The smallest absolute Gasteiger partial charge is 0.307 e. The van der Waals surface area contributed by atoms with Crippen LogP contribution in [0, 0.1) is 24.6 Å². The number of carboxylic acids is 1. The van der Waals surface area contributed by atoms with Gasteiger partial charge in [0.05, 0.1) is 10.8 Å². The molecule has 7 heteroatoms. The molecule has 0 aliphatic carbocycles. The highest BCUT2D eigenvalue weighted by atomic mass is 32.2. The Morgan fingerprint density at radius 1 is 1.38 bits per heavy atom. The molecule has 1 saturated heterocycles. The molecule has 0 radical (unpaired) electrons. The predicted octanol–water partition coefficient (Wildman–Crippen LogP) is 1.87. The van der Waals surface area contributed by atoms with Crippen molar-refractivity contribution in [2.45, 2.75) is 25.2 Å². The zero-order valence-electron chi connectivity index (χ0n) is 11.9. The van der Waals surface area contributed by atoms with Crippen molar-refractivity contribution in [2.24, 2.45) is 11.8 Å². The van der Waals surface area contributed by atoms with E-state index in [1.807, 2.05) is 6.92 Å². The summed E-state index contributed by atoms with van der Waals surface area (Å²) in [5.74, 6) is -2.36. The van der Waals surface area contributed by atoms with Crippen LogP contribution >= 0.6 is 0 Å². The van der Waals surface area contributed by atoms with E-state index in [0.29, 0.717) is 12.0 Å². The number of benzene rings is 1. The van der Waals surface area contributed by atoms with Crippen molar-refractivity contribution in [3.05, 3.63) is 29.6 Å². The summed E-state index contributed by atoms with van der Waals surface area (Å²) in [6.07, 6.45) is 0.448. The molecule has 0 aromatic heterocycles. The molecule has 2 unspecified atom stereocenters. The molecule has 1 heterocycles. The Labute approximate surface area is 123 Å². The number of halogens is 1. The summed E-state index contributed by atoms with van der Waals surface area (Å²) >= 11 is 0. The number of carboxylic acid groups (broad SMARTS) is 1. The van der Waals surface area contributed by atoms with Gasteiger partial charge in [0, 0.05) is 13.1 Å². The van der Waals surface area contributed by atoms with E-state index in [-0.39, 0.29) is 23.9 Å². The van der Waals surface area contributed by atoms with E-state index in [9.17, 15) is 17.6 Å². The van der Waals surface area contributed by atoms with E-state index < -0.39 is 27.7 Å². The minimum absolute atomic E-state index is 0.0510. The fourth-order valence-corrected chi connectivity index (χ4v) is 4.18. The van der Waals surface area contributed by atoms with Crippen LogP contribution in [0.25, 0.3) is 0 Å². The number of aryl methyl sites for hydroxylation is 1. The maximum atomic E-state index is 13.6. The fourth-order valence-electron chi connectivity index (χ4n) is 2.56. The largest absolute Gasteiger partial charge is 0.481 e. The Morgan fingerprint density at radius 2 is 2.05 bits per heavy atom. The van der Waals surface area contributed by atoms with Gasteiger partial charge in [0.2, 0.25) is 10.0 Å². The first-order valence-electron chi connectivity index (χ1n) is 6.71. The predicted molar refractivity (Wildman–Crippen MR) is 74.8 cm³/mol. The zero-order chi connectivity index (χ0) is 15.8. The standard InChI is InChI=1S/C14H18FNO4S/c1-9-5-11(14(17)18)8-16(7-9)21(19,20)12-4-3-10(2)13(15)6-12/h3-4,6,9,11H,5,7-8H2,1-2H3,(H,17,18). The number of carbonyl (C=O) groups is 1. The molecular formula is C14H18FNO4S. The Morgan fingerprint density at radius 3 is 2.62 bits per heavy atom. The number of piperidine rings is 1. The van der Waals surface area contributed by atoms with E-state index in [2.05, 4.69) is 0 Å². The molecule has 1 aliphatic heterocycles. The van der Waals surface area contributed by atoms with Gasteiger partial charge >= 0.3 is 5.97 Å². The zero-order valence-corrected chi connectivity index (χ0v) is 12.7. The molecule has 1 aromatic carbocycles. The molecule has 1 fully saturated rings. The van der Waals surface area contributed by atoms with Crippen LogP contribution in [0.1, 0.15) is 18.9 Å². The Kier molecular flexibility index (Phi) is 4.34. The molecule has 5 nitrogen and oxygen atoms in total. The van der Waals surface area contributed by atoms with Gasteiger partial charge in [-0.15, -0.1) is 0 Å². The maximum absolute atomic E-state index is 13.6. The minimum Gasteiger partial charge on any atom is -0.481 e. The summed E-state index contributed by atoms with van der Waals surface area (Å²) in [4.78, 5) is 11.0. The number of aliphatic carboxylic acids is 1. The van der Waals surface area contributed by atoms with Gasteiger partial charge in [-0.1, -0.05) is 13.0 Å². The number of sulfonamides is 1. The molecule has 1 aliphatic rings. The van der Waals surface area contributed by atoms with E-state index in [4.69, 9.17) is 5.11 Å². The first kappa shape index (κ1) is 15.9. The summed E-state index contributed by atoms with van der Waals surface area (Å²) in [6, 6.07) is 3.74. The third-order valence-electron chi connectivity index (χ3n) is 3.76. The van der Waals surface area contributed by atoms with Crippen LogP contribution in [-0.4, -0.2) is 36.9 Å². The van der Waals surface area contributed by atoms with Crippen molar-refractivity contribution in [3.63, 3.8) is 0 Å². The Balaban J connectivity index is 2.33. The van der Waals surface area contributed by atoms with Crippen LogP contribution in [0.2, 0.25) is 0 Å². The van der Waals surface area contributed by atoms with Gasteiger partial charge in [0.15, 0.2) is 0 Å². The van der Waals surface area contributed by atoms with Crippen molar-refractivity contribution < 1.29 is 22.7 Å². The van der Waals surface area contributed by atoms with Gasteiger partial charge in [-0.05, 0) is 37.0 Å². The molecule has 0 bridgehead atoms. The second kappa shape index (κ2) is 5.73. The average Bonchev–Trinajstić information content (AvgIpc) is 2.41. The SMILES string of the molecule is Cc1ccc(S(=O)(=O)N2CC(C)CC(C(=O)O)C2)cc1F. The topological polar surface area (TPSA) is 74.7 Å². The number of rotatable bonds is 3. The molecule has 0 spiro atoms. The summed E-state index contributed by atoms with van der Waals surface area (Å²) in [5, 5.41) is 9.11. The summed E-state index contributed by atoms with van der Waals surface area (Å²) in [6.45, 7) is 3.54. The summed E-state index contributed by atoms with van der Waals surface area (Å²) < 4.78 is 39.8.